The Labute approximate surface area is 156 Å². The average molecular weight is 374 g/mol. The third kappa shape index (κ3) is 4.72. The van der Waals surface area contributed by atoms with E-state index in [-0.39, 0.29) is 11.9 Å². The summed E-state index contributed by atoms with van der Waals surface area (Å²) in [7, 11) is -3.29. The summed E-state index contributed by atoms with van der Waals surface area (Å²) in [5, 5.41) is 0. The third-order valence-electron chi connectivity index (χ3n) is 4.89. The second-order valence-corrected chi connectivity index (χ2v) is 9.18. The van der Waals surface area contributed by atoms with Crippen LogP contribution in [-0.4, -0.2) is 38.2 Å². The van der Waals surface area contributed by atoms with Crippen LogP contribution in [0, 0.1) is 0 Å². The zero-order valence-corrected chi connectivity index (χ0v) is 16.3. The number of aryl methyl sites for hydroxylation is 1. The number of ether oxygens (including phenoxy) is 1. The van der Waals surface area contributed by atoms with Gasteiger partial charge in [0.05, 0.1) is 18.5 Å². The molecule has 2 aromatic carbocycles. The fraction of sp³-hybridized carbons (Fsp3) is 0.429. The lowest BCUT2D eigenvalue weighted by atomic mass is 10.00. The Kier molecular flexibility index (Phi) is 6.12. The van der Waals surface area contributed by atoms with Crippen LogP contribution < -0.4 is 0 Å². The van der Waals surface area contributed by atoms with Crippen molar-refractivity contribution < 1.29 is 13.2 Å². The summed E-state index contributed by atoms with van der Waals surface area (Å²) in [5.74, 6) is 0.613. The van der Waals surface area contributed by atoms with Crippen molar-refractivity contribution in [1.82, 2.24) is 4.31 Å². The van der Waals surface area contributed by atoms with Gasteiger partial charge in [0.2, 0.25) is 10.0 Å². The zero-order chi connectivity index (χ0) is 18.6. The second-order valence-electron chi connectivity index (χ2n) is 7.09. The van der Waals surface area contributed by atoms with Gasteiger partial charge in [0.25, 0.3) is 0 Å². The summed E-state index contributed by atoms with van der Waals surface area (Å²) in [6.07, 6.45) is 0.338. The Morgan fingerprint density at radius 3 is 2.42 bits per heavy atom. The lowest BCUT2D eigenvalue weighted by molar-refractivity contribution is -0.00254. The first-order valence-electron chi connectivity index (χ1n) is 9.19. The average Bonchev–Trinajstić information content (AvgIpc) is 2.67. The Balaban J connectivity index is 1.65. The van der Waals surface area contributed by atoms with Crippen molar-refractivity contribution in [3.05, 3.63) is 71.3 Å². The predicted molar refractivity (Wildman–Crippen MR) is 105 cm³/mol. The number of hydrogen-bond donors (Lipinski definition) is 0. The zero-order valence-electron chi connectivity index (χ0n) is 15.5. The first-order chi connectivity index (χ1) is 12.5. The first-order valence-corrected chi connectivity index (χ1v) is 10.8. The van der Waals surface area contributed by atoms with E-state index in [0.717, 1.165) is 11.1 Å². The summed E-state index contributed by atoms with van der Waals surface area (Å²) < 4.78 is 32.9. The van der Waals surface area contributed by atoms with Crippen molar-refractivity contribution in [2.75, 3.05) is 25.4 Å². The van der Waals surface area contributed by atoms with Crippen molar-refractivity contribution in [2.45, 2.75) is 32.3 Å². The van der Waals surface area contributed by atoms with E-state index in [4.69, 9.17) is 4.74 Å². The van der Waals surface area contributed by atoms with Gasteiger partial charge in [0.1, 0.15) is 0 Å². The molecule has 2 aromatic rings. The van der Waals surface area contributed by atoms with Gasteiger partial charge >= 0.3 is 0 Å². The maximum atomic E-state index is 12.7. The smallest absolute Gasteiger partial charge is 0.214 e. The van der Waals surface area contributed by atoms with Crippen LogP contribution in [0.3, 0.4) is 0 Å². The van der Waals surface area contributed by atoms with Crippen LogP contribution in [0.15, 0.2) is 54.6 Å². The molecule has 1 aliphatic heterocycles. The third-order valence-corrected chi connectivity index (χ3v) is 6.73. The van der Waals surface area contributed by atoms with Gasteiger partial charge in [0, 0.05) is 13.1 Å². The molecule has 5 heteroatoms. The van der Waals surface area contributed by atoms with Gasteiger partial charge in [0.15, 0.2) is 0 Å². The predicted octanol–water partition coefficient (Wildman–Crippen LogP) is 3.76. The van der Waals surface area contributed by atoms with Crippen molar-refractivity contribution in [3.8, 4) is 0 Å². The molecular weight excluding hydrogens is 346 g/mol. The molecular formula is C21H27NO3S. The summed E-state index contributed by atoms with van der Waals surface area (Å²) >= 11 is 0. The van der Waals surface area contributed by atoms with Crippen LogP contribution in [0.1, 0.15) is 42.6 Å². The molecule has 1 saturated heterocycles. The van der Waals surface area contributed by atoms with Gasteiger partial charge < -0.3 is 4.74 Å². The van der Waals surface area contributed by atoms with E-state index in [1.807, 2.05) is 30.3 Å². The van der Waals surface area contributed by atoms with Crippen LogP contribution in [-0.2, 0) is 21.2 Å². The molecule has 140 valence electrons. The molecule has 1 aliphatic rings. The molecule has 26 heavy (non-hydrogen) atoms. The molecule has 0 saturated carbocycles. The topological polar surface area (TPSA) is 46.6 Å². The lowest BCUT2D eigenvalue weighted by Gasteiger charge is -2.32. The van der Waals surface area contributed by atoms with E-state index in [0.29, 0.717) is 32.0 Å². The number of benzene rings is 2. The molecule has 1 unspecified atom stereocenters. The van der Waals surface area contributed by atoms with Crippen molar-refractivity contribution >= 4 is 10.0 Å². The van der Waals surface area contributed by atoms with E-state index in [9.17, 15) is 8.42 Å². The van der Waals surface area contributed by atoms with Crippen LogP contribution in [0.5, 0.6) is 0 Å². The molecule has 1 heterocycles. The minimum Gasteiger partial charge on any atom is -0.371 e. The number of morpholine rings is 1. The SMILES string of the molecule is CC(C)c1ccc(C2CN(S(=O)(=O)CCc3ccccc3)CCO2)cc1. The number of hydrogen-bond acceptors (Lipinski definition) is 3. The number of rotatable bonds is 6. The van der Waals surface area contributed by atoms with Crippen LogP contribution in [0.2, 0.25) is 0 Å². The fourth-order valence-corrected chi connectivity index (χ4v) is 4.66. The van der Waals surface area contributed by atoms with Crippen molar-refractivity contribution in [1.29, 1.82) is 0 Å². The standard InChI is InChI=1S/C21H27NO3S/c1-17(2)19-8-10-20(11-9-19)21-16-22(13-14-25-21)26(23,24)15-12-18-6-4-3-5-7-18/h3-11,17,21H,12-16H2,1-2H3. The Bertz CT molecular complexity index is 801. The Morgan fingerprint density at radius 2 is 1.77 bits per heavy atom. The van der Waals surface area contributed by atoms with Gasteiger partial charge in [-0.3, -0.25) is 0 Å². The highest BCUT2D eigenvalue weighted by molar-refractivity contribution is 7.89. The van der Waals surface area contributed by atoms with Gasteiger partial charge in [-0.15, -0.1) is 0 Å². The summed E-state index contributed by atoms with van der Waals surface area (Å²) in [6, 6.07) is 18.1. The van der Waals surface area contributed by atoms with E-state index in [2.05, 4.69) is 38.1 Å². The molecule has 1 atom stereocenters. The maximum Gasteiger partial charge on any atom is 0.214 e. The monoisotopic (exact) mass is 373 g/mol. The van der Waals surface area contributed by atoms with E-state index in [1.165, 1.54) is 5.56 Å². The number of nitrogens with zero attached hydrogens (tertiary/aromatic N) is 1. The minimum absolute atomic E-state index is 0.135. The summed E-state index contributed by atoms with van der Waals surface area (Å²) in [4.78, 5) is 0. The number of sulfonamides is 1. The molecule has 0 aliphatic carbocycles. The highest BCUT2D eigenvalue weighted by atomic mass is 32.2. The molecule has 4 nitrogen and oxygen atoms in total. The minimum atomic E-state index is -3.29. The normalized spacial score (nSPS) is 19.0. The molecule has 0 N–H and O–H groups in total. The molecule has 0 spiro atoms. The van der Waals surface area contributed by atoms with Gasteiger partial charge in [-0.05, 0) is 29.0 Å². The quantitative estimate of drug-likeness (QED) is 0.775. The molecule has 3 rings (SSSR count). The van der Waals surface area contributed by atoms with Gasteiger partial charge in [-0.25, -0.2) is 8.42 Å². The van der Waals surface area contributed by atoms with Crippen LogP contribution >= 0.6 is 0 Å². The van der Waals surface area contributed by atoms with Crippen LogP contribution in [0.4, 0.5) is 0 Å². The maximum absolute atomic E-state index is 12.7. The molecule has 1 fully saturated rings. The van der Waals surface area contributed by atoms with Crippen molar-refractivity contribution in [2.24, 2.45) is 0 Å². The molecule has 0 amide bonds. The van der Waals surface area contributed by atoms with Gasteiger partial charge in [-0.1, -0.05) is 68.4 Å². The molecule has 0 aromatic heterocycles. The van der Waals surface area contributed by atoms with Crippen LogP contribution in [0.25, 0.3) is 0 Å². The van der Waals surface area contributed by atoms with E-state index < -0.39 is 10.0 Å². The fourth-order valence-electron chi connectivity index (χ4n) is 3.20. The molecule has 0 bridgehead atoms. The first kappa shape index (κ1) is 19.1. The van der Waals surface area contributed by atoms with Crippen molar-refractivity contribution in [3.63, 3.8) is 0 Å². The highest BCUT2D eigenvalue weighted by Gasteiger charge is 2.30. The Hall–Kier alpha value is -1.69. The second kappa shape index (κ2) is 8.33. The summed E-state index contributed by atoms with van der Waals surface area (Å²) in [6.45, 7) is 5.57. The largest absolute Gasteiger partial charge is 0.371 e. The lowest BCUT2D eigenvalue weighted by Crippen LogP contribution is -2.43. The van der Waals surface area contributed by atoms with E-state index >= 15 is 0 Å². The van der Waals surface area contributed by atoms with Gasteiger partial charge in [-0.2, -0.15) is 4.31 Å². The Morgan fingerprint density at radius 1 is 1.08 bits per heavy atom. The highest BCUT2D eigenvalue weighted by Crippen LogP contribution is 2.26. The molecule has 0 radical (unpaired) electrons. The van der Waals surface area contributed by atoms with E-state index in [1.54, 1.807) is 4.31 Å². The summed E-state index contributed by atoms with van der Waals surface area (Å²) in [5.41, 5.74) is 3.36.